The number of para-hydroxylation sites is 1. The minimum atomic E-state index is -0.0784. The van der Waals surface area contributed by atoms with Crippen molar-refractivity contribution >= 4 is 22.1 Å². The Kier molecular flexibility index (Phi) is 4.31. The molecule has 1 atom stereocenters. The number of nitrogen functional groups attached to an aromatic ring is 1. The molecule has 0 amide bonds. The maximum absolute atomic E-state index is 13.1. The molecule has 2 N–H and O–H groups in total. The Morgan fingerprint density at radius 2 is 2.09 bits per heavy atom. The standard InChI is InChI=1S/C18H21NO3S/c1-10-7-8-11-14(9-10)23-18(19)15(11)16(20)12-5-4-6-13(21-2)17(12)22-3/h4-6,10H,7-9,19H2,1-3H3. The number of carbonyl (C=O) groups excluding carboxylic acids is 1. The lowest BCUT2D eigenvalue weighted by molar-refractivity contribution is 0.103. The molecule has 0 saturated carbocycles. The van der Waals surface area contributed by atoms with Crippen molar-refractivity contribution in [3.63, 3.8) is 0 Å². The van der Waals surface area contributed by atoms with E-state index in [1.165, 1.54) is 4.88 Å². The van der Waals surface area contributed by atoms with Crippen LogP contribution in [0.2, 0.25) is 0 Å². The van der Waals surface area contributed by atoms with Crippen LogP contribution in [0.3, 0.4) is 0 Å². The third kappa shape index (κ3) is 2.70. The zero-order valence-electron chi connectivity index (χ0n) is 13.6. The number of ketones is 1. The van der Waals surface area contributed by atoms with E-state index in [-0.39, 0.29) is 5.78 Å². The van der Waals surface area contributed by atoms with Gasteiger partial charge >= 0.3 is 0 Å². The van der Waals surface area contributed by atoms with Gasteiger partial charge in [0.05, 0.1) is 30.3 Å². The fraction of sp³-hybridized carbons (Fsp3) is 0.389. The highest BCUT2D eigenvalue weighted by Gasteiger charge is 2.29. The Bertz CT molecular complexity index is 751. The van der Waals surface area contributed by atoms with E-state index < -0.39 is 0 Å². The minimum Gasteiger partial charge on any atom is -0.493 e. The maximum atomic E-state index is 13.1. The molecule has 1 unspecified atom stereocenters. The van der Waals surface area contributed by atoms with E-state index in [0.29, 0.717) is 33.5 Å². The van der Waals surface area contributed by atoms with Gasteiger partial charge in [0.25, 0.3) is 0 Å². The molecular formula is C18H21NO3S. The summed E-state index contributed by atoms with van der Waals surface area (Å²) in [5, 5.41) is 0.610. The molecule has 1 aliphatic rings. The molecule has 2 aromatic rings. The van der Waals surface area contributed by atoms with Crippen LogP contribution in [0.5, 0.6) is 11.5 Å². The lowest BCUT2D eigenvalue weighted by Gasteiger charge is -2.19. The summed E-state index contributed by atoms with van der Waals surface area (Å²) in [4.78, 5) is 14.4. The third-order valence-corrected chi connectivity index (χ3v) is 5.50. The van der Waals surface area contributed by atoms with E-state index in [9.17, 15) is 4.79 Å². The lowest BCUT2D eigenvalue weighted by Crippen LogP contribution is -2.13. The first-order chi connectivity index (χ1) is 11.1. The van der Waals surface area contributed by atoms with Gasteiger partial charge in [0.15, 0.2) is 17.3 Å². The monoisotopic (exact) mass is 331 g/mol. The Labute approximate surface area is 140 Å². The van der Waals surface area contributed by atoms with Crippen molar-refractivity contribution in [1.82, 2.24) is 0 Å². The van der Waals surface area contributed by atoms with Crippen molar-refractivity contribution in [3.05, 3.63) is 39.8 Å². The molecular weight excluding hydrogens is 310 g/mol. The number of anilines is 1. The number of ether oxygens (including phenoxy) is 2. The van der Waals surface area contributed by atoms with Crippen molar-refractivity contribution in [2.75, 3.05) is 20.0 Å². The molecule has 0 fully saturated rings. The summed E-state index contributed by atoms with van der Waals surface area (Å²) in [7, 11) is 3.11. The summed E-state index contributed by atoms with van der Waals surface area (Å²) in [6.45, 7) is 2.24. The molecule has 1 heterocycles. The van der Waals surface area contributed by atoms with Gasteiger partial charge in [0.1, 0.15) is 0 Å². The predicted octanol–water partition coefficient (Wildman–Crippen LogP) is 3.70. The number of fused-ring (bicyclic) bond motifs is 1. The second-order valence-electron chi connectivity index (χ2n) is 5.96. The smallest absolute Gasteiger partial charge is 0.200 e. The largest absolute Gasteiger partial charge is 0.493 e. The number of nitrogens with two attached hydrogens (primary N) is 1. The van der Waals surface area contributed by atoms with E-state index in [1.54, 1.807) is 43.8 Å². The summed E-state index contributed by atoms with van der Waals surface area (Å²) in [6, 6.07) is 5.34. The fourth-order valence-electron chi connectivity index (χ4n) is 3.22. The van der Waals surface area contributed by atoms with Gasteiger partial charge in [0.2, 0.25) is 0 Å². The normalized spacial score (nSPS) is 16.7. The quantitative estimate of drug-likeness (QED) is 0.868. The van der Waals surface area contributed by atoms with Crippen molar-refractivity contribution in [3.8, 4) is 11.5 Å². The molecule has 0 bridgehead atoms. The van der Waals surface area contributed by atoms with Crippen LogP contribution in [0.4, 0.5) is 5.00 Å². The van der Waals surface area contributed by atoms with Crippen molar-refractivity contribution < 1.29 is 14.3 Å². The summed E-state index contributed by atoms with van der Waals surface area (Å²) in [5.41, 5.74) is 8.47. The Morgan fingerprint density at radius 3 is 2.78 bits per heavy atom. The lowest BCUT2D eigenvalue weighted by atomic mass is 9.86. The first-order valence-corrected chi connectivity index (χ1v) is 8.54. The SMILES string of the molecule is COc1cccc(C(=O)c2c(N)sc3c2CCC(C)C3)c1OC. The predicted molar refractivity (Wildman–Crippen MR) is 92.9 cm³/mol. The van der Waals surface area contributed by atoms with E-state index in [2.05, 4.69) is 6.92 Å². The molecule has 1 aromatic carbocycles. The average molecular weight is 331 g/mol. The molecule has 4 nitrogen and oxygen atoms in total. The molecule has 1 aliphatic carbocycles. The number of rotatable bonds is 4. The molecule has 0 radical (unpaired) electrons. The average Bonchev–Trinajstić information content (AvgIpc) is 2.88. The van der Waals surface area contributed by atoms with Crippen molar-refractivity contribution in [2.24, 2.45) is 5.92 Å². The van der Waals surface area contributed by atoms with Crippen LogP contribution in [-0.4, -0.2) is 20.0 Å². The number of methoxy groups -OCH3 is 2. The molecule has 0 saturated heterocycles. The van der Waals surface area contributed by atoms with Crippen LogP contribution in [0.1, 0.15) is 39.7 Å². The third-order valence-electron chi connectivity index (χ3n) is 4.41. The highest BCUT2D eigenvalue weighted by molar-refractivity contribution is 7.16. The molecule has 23 heavy (non-hydrogen) atoms. The van der Waals surface area contributed by atoms with Crippen LogP contribution in [0, 0.1) is 5.92 Å². The van der Waals surface area contributed by atoms with Crippen molar-refractivity contribution in [2.45, 2.75) is 26.2 Å². The number of hydrogen-bond donors (Lipinski definition) is 1. The summed E-state index contributed by atoms with van der Waals surface area (Å²) >= 11 is 1.55. The first kappa shape index (κ1) is 15.9. The number of benzene rings is 1. The van der Waals surface area contributed by atoms with Gasteiger partial charge < -0.3 is 15.2 Å². The van der Waals surface area contributed by atoms with Gasteiger partial charge in [0, 0.05) is 4.88 Å². The number of carbonyl (C=O) groups is 1. The fourth-order valence-corrected chi connectivity index (χ4v) is 4.50. The molecule has 0 spiro atoms. The van der Waals surface area contributed by atoms with Crippen LogP contribution in [0.25, 0.3) is 0 Å². The summed E-state index contributed by atoms with van der Waals surface area (Å²) in [6.07, 6.45) is 3.02. The second kappa shape index (κ2) is 6.24. The van der Waals surface area contributed by atoms with E-state index in [1.807, 2.05) is 0 Å². The minimum absolute atomic E-state index is 0.0784. The molecule has 1 aromatic heterocycles. The topological polar surface area (TPSA) is 61.5 Å². The molecule has 122 valence electrons. The van der Waals surface area contributed by atoms with Gasteiger partial charge in [-0.1, -0.05) is 13.0 Å². The van der Waals surface area contributed by atoms with Crippen LogP contribution >= 0.6 is 11.3 Å². The van der Waals surface area contributed by atoms with Crippen LogP contribution in [-0.2, 0) is 12.8 Å². The molecule has 0 aliphatic heterocycles. The Hall–Kier alpha value is -2.01. The highest BCUT2D eigenvalue weighted by Crippen LogP contribution is 2.41. The summed E-state index contributed by atoms with van der Waals surface area (Å²) in [5.74, 6) is 1.58. The first-order valence-electron chi connectivity index (χ1n) is 7.72. The second-order valence-corrected chi connectivity index (χ2v) is 7.10. The number of thiophene rings is 1. The summed E-state index contributed by atoms with van der Waals surface area (Å²) < 4.78 is 10.7. The zero-order valence-corrected chi connectivity index (χ0v) is 14.5. The Balaban J connectivity index is 2.09. The van der Waals surface area contributed by atoms with Gasteiger partial charge in [-0.15, -0.1) is 11.3 Å². The van der Waals surface area contributed by atoms with Gasteiger partial charge in [-0.3, -0.25) is 4.79 Å². The van der Waals surface area contributed by atoms with E-state index in [4.69, 9.17) is 15.2 Å². The van der Waals surface area contributed by atoms with Gasteiger partial charge in [-0.05, 0) is 42.9 Å². The Morgan fingerprint density at radius 1 is 1.30 bits per heavy atom. The van der Waals surface area contributed by atoms with Gasteiger partial charge in [-0.2, -0.15) is 0 Å². The van der Waals surface area contributed by atoms with E-state index in [0.717, 1.165) is 24.8 Å². The maximum Gasteiger partial charge on any atom is 0.200 e. The number of hydrogen-bond acceptors (Lipinski definition) is 5. The molecule has 3 rings (SSSR count). The van der Waals surface area contributed by atoms with Crippen LogP contribution < -0.4 is 15.2 Å². The van der Waals surface area contributed by atoms with Crippen molar-refractivity contribution in [1.29, 1.82) is 0 Å². The molecule has 5 heteroatoms. The van der Waals surface area contributed by atoms with Gasteiger partial charge in [-0.25, -0.2) is 0 Å². The van der Waals surface area contributed by atoms with Crippen LogP contribution in [0.15, 0.2) is 18.2 Å². The zero-order chi connectivity index (χ0) is 16.6. The highest BCUT2D eigenvalue weighted by atomic mass is 32.1. The van der Waals surface area contributed by atoms with E-state index >= 15 is 0 Å².